The van der Waals surface area contributed by atoms with E-state index in [0.29, 0.717) is 24.2 Å². The van der Waals surface area contributed by atoms with Crippen molar-refractivity contribution in [3.63, 3.8) is 0 Å². The van der Waals surface area contributed by atoms with E-state index in [-0.39, 0.29) is 29.6 Å². The molecular formula is C18H20ClFN2O3S. The summed E-state index contributed by atoms with van der Waals surface area (Å²) >= 11 is 0. The van der Waals surface area contributed by atoms with Gasteiger partial charge in [0.15, 0.2) is 5.78 Å². The standard InChI is InChI=1S/C18H19FN2O3S.ClH/c1-13(22)14-5-7-17(8-6-14)25(23,24)21-10-9-20-12-18(21)15-3-2-4-16(19)11-15;/h2-8,11,18,20H,9-10,12H2,1H3;1H. The van der Waals surface area contributed by atoms with Gasteiger partial charge in [0.2, 0.25) is 10.0 Å². The summed E-state index contributed by atoms with van der Waals surface area (Å²) in [6, 6.07) is 11.4. The van der Waals surface area contributed by atoms with E-state index < -0.39 is 21.9 Å². The Kier molecular flexibility index (Phi) is 6.52. The van der Waals surface area contributed by atoms with Gasteiger partial charge in [-0.2, -0.15) is 4.31 Å². The van der Waals surface area contributed by atoms with Crippen molar-refractivity contribution >= 4 is 28.2 Å². The van der Waals surface area contributed by atoms with Crippen LogP contribution in [0.4, 0.5) is 4.39 Å². The first-order valence-electron chi connectivity index (χ1n) is 7.98. The van der Waals surface area contributed by atoms with E-state index >= 15 is 0 Å². The number of ketones is 1. The van der Waals surface area contributed by atoms with Crippen LogP contribution >= 0.6 is 12.4 Å². The van der Waals surface area contributed by atoms with E-state index in [9.17, 15) is 17.6 Å². The number of sulfonamides is 1. The second-order valence-corrected chi connectivity index (χ2v) is 7.86. The predicted octanol–water partition coefficient (Wildman–Crippen LogP) is 2.79. The molecule has 26 heavy (non-hydrogen) atoms. The molecule has 2 aromatic rings. The molecular weight excluding hydrogens is 379 g/mol. The number of hydrogen-bond acceptors (Lipinski definition) is 4. The number of nitrogens with zero attached hydrogens (tertiary/aromatic N) is 1. The average molecular weight is 399 g/mol. The molecule has 0 aromatic heterocycles. The maximum absolute atomic E-state index is 13.6. The molecule has 1 fully saturated rings. The van der Waals surface area contributed by atoms with Gasteiger partial charge < -0.3 is 5.32 Å². The van der Waals surface area contributed by atoms with E-state index in [2.05, 4.69) is 5.32 Å². The SMILES string of the molecule is CC(=O)c1ccc(S(=O)(=O)N2CCNCC2c2cccc(F)c2)cc1.Cl. The van der Waals surface area contributed by atoms with E-state index in [1.54, 1.807) is 12.1 Å². The van der Waals surface area contributed by atoms with Crippen molar-refractivity contribution in [2.45, 2.75) is 17.9 Å². The van der Waals surface area contributed by atoms with Crippen LogP contribution in [0.25, 0.3) is 0 Å². The van der Waals surface area contributed by atoms with E-state index in [1.807, 2.05) is 0 Å². The number of carbonyl (C=O) groups is 1. The largest absolute Gasteiger partial charge is 0.313 e. The zero-order valence-electron chi connectivity index (χ0n) is 14.2. The van der Waals surface area contributed by atoms with Crippen molar-refractivity contribution in [2.75, 3.05) is 19.6 Å². The van der Waals surface area contributed by atoms with Gasteiger partial charge in [-0.1, -0.05) is 24.3 Å². The third kappa shape index (κ3) is 4.12. The van der Waals surface area contributed by atoms with Crippen molar-refractivity contribution in [3.8, 4) is 0 Å². The number of benzene rings is 2. The van der Waals surface area contributed by atoms with Gasteiger partial charge in [-0.25, -0.2) is 12.8 Å². The summed E-state index contributed by atoms with van der Waals surface area (Å²) in [5.74, 6) is -0.519. The number of hydrogen-bond donors (Lipinski definition) is 1. The summed E-state index contributed by atoms with van der Waals surface area (Å²) in [4.78, 5) is 11.5. The van der Waals surface area contributed by atoms with Gasteiger partial charge in [0.1, 0.15) is 5.82 Å². The molecule has 0 aliphatic carbocycles. The van der Waals surface area contributed by atoms with Gasteiger partial charge in [0.25, 0.3) is 0 Å². The number of Topliss-reactive ketones (excluding diaryl/α,β-unsaturated/α-hetero) is 1. The van der Waals surface area contributed by atoms with Crippen molar-refractivity contribution < 1.29 is 17.6 Å². The Bertz CT molecular complexity index is 888. The molecule has 1 heterocycles. The molecule has 3 rings (SSSR count). The van der Waals surface area contributed by atoms with Gasteiger partial charge in [-0.3, -0.25) is 4.79 Å². The van der Waals surface area contributed by atoms with Crippen LogP contribution in [0.15, 0.2) is 53.4 Å². The van der Waals surface area contributed by atoms with Crippen LogP contribution in [0.1, 0.15) is 28.9 Å². The van der Waals surface area contributed by atoms with Crippen molar-refractivity contribution in [1.29, 1.82) is 0 Å². The number of nitrogens with one attached hydrogen (secondary N) is 1. The highest BCUT2D eigenvalue weighted by molar-refractivity contribution is 7.89. The molecule has 1 N–H and O–H groups in total. The smallest absolute Gasteiger partial charge is 0.243 e. The highest BCUT2D eigenvalue weighted by Crippen LogP contribution is 2.29. The topological polar surface area (TPSA) is 66.5 Å². The molecule has 140 valence electrons. The fourth-order valence-corrected chi connectivity index (χ4v) is 4.58. The van der Waals surface area contributed by atoms with Crippen molar-refractivity contribution in [1.82, 2.24) is 9.62 Å². The summed E-state index contributed by atoms with van der Waals surface area (Å²) in [7, 11) is -3.76. The lowest BCUT2D eigenvalue weighted by atomic mass is 10.1. The molecule has 5 nitrogen and oxygen atoms in total. The first kappa shape index (κ1) is 20.5. The molecule has 0 bridgehead atoms. The molecule has 1 aliphatic rings. The quantitative estimate of drug-likeness (QED) is 0.804. The van der Waals surface area contributed by atoms with E-state index in [1.165, 1.54) is 47.6 Å². The monoisotopic (exact) mass is 398 g/mol. The lowest BCUT2D eigenvalue weighted by Crippen LogP contribution is -2.48. The van der Waals surface area contributed by atoms with Crippen molar-refractivity contribution in [2.24, 2.45) is 0 Å². The molecule has 2 aromatic carbocycles. The summed E-state index contributed by atoms with van der Waals surface area (Å²) in [5.41, 5.74) is 1.07. The van der Waals surface area contributed by atoms with Crippen LogP contribution in [0.2, 0.25) is 0 Å². The summed E-state index contributed by atoms with van der Waals surface area (Å²) in [5, 5.41) is 3.16. The molecule has 1 saturated heterocycles. The molecule has 0 amide bonds. The Morgan fingerprint density at radius 1 is 1.19 bits per heavy atom. The Balaban J connectivity index is 0.00000243. The van der Waals surface area contributed by atoms with E-state index in [4.69, 9.17) is 0 Å². The third-order valence-electron chi connectivity index (χ3n) is 4.30. The Hall–Kier alpha value is -1.80. The van der Waals surface area contributed by atoms with Gasteiger partial charge in [0.05, 0.1) is 10.9 Å². The third-order valence-corrected chi connectivity index (χ3v) is 6.22. The number of rotatable bonds is 4. The van der Waals surface area contributed by atoms with Crippen LogP contribution in [0.5, 0.6) is 0 Å². The zero-order valence-corrected chi connectivity index (χ0v) is 15.8. The fourth-order valence-electron chi connectivity index (χ4n) is 2.97. The lowest BCUT2D eigenvalue weighted by Gasteiger charge is -2.35. The number of carbonyl (C=O) groups excluding carboxylic acids is 1. The zero-order chi connectivity index (χ0) is 18.0. The molecule has 1 unspecified atom stereocenters. The minimum atomic E-state index is -3.76. The van der Waals surface area contributed by atoms with Crippen LogP contribution in [-0.4, -0.2) is 38.1 Å². The molecule has 1 atom stereocenters. The van der Waals surface area contributed by atoms with Crippen molar-refractivity contribution in [3.05, 3.63) is 65.5 Å². The van der Waals surface area contributed by atoms with Gasteiger partial charge in [0, 0.05) is 25.2 Å². The first-order chi connectivity index (χ1) is 11.9. The van der Waals surface area contributed by atoms with Crippen LogP contribution in [0.3, 0.4) is 0 Å². The Labute approximate surface area is 158 Å². The second-order valence-electron chi connectivity index (χ2n) is 5.97. The number of piperazine rings is 1. The lowest BCUT2D eigenvalue weighted by molar-refractivity contribution is 0.101. The van der Waals surface area contributed by atoms with Gasteiger partial charge >= 0.3 is 0 Å². The minimum Gasteiger partial charge on any atom is -0.313 e. The van der Waals surface area contributed by atoms with Crippen LogP contribution in [0, 0.1) is 5.82 Å². The molecule has 0 spiro atoms. The molecule has 0 saturated carbocycles. The second kappa shape index (κ2) is 8.26. The Morgan fingerprint density at radius 3 is 2.50 bits per heavy atom. The Morgan fingerprint density at radius 2 is 1.88 bits per heavy atom. The maximum atomic E-state index is 13.6. The molecule has 8 heteroatoms. The van der Waals surface area contributed by atoms with Gasteiger partial charge in [-0.15, -0.1) is 12.4 Å². The summed E-state index contributed by atoms with van der Waals surface area (Å²) < 4.78 is 41.1. The highest BCUT2D eigenvalue weighted by atomic mass is 35.5. The van der Waals surface area contributed by atoms with Gasteiger partial charge in [-0.05, 0) is 36.8 Å². The normalized spacial score (nSPS) is 18.2. The average Bonchev–Trinajstić information content (AvgIpc) is 2.62. The maximum Gasteiger partial charge on any atom is 0.243 e. The fraction of sp³-hybridized carbons (Fsp3) is 0.278. The predicted molar refractivity (Wildman–Crippen MR) is 99.6 cm³/mol. The minimum absolute atomic E-state index is 0. The van der Waals surface area contributed by atoms with E-state index in [0.717, 1.165) is 0 Å². The number of halogens is 2. The summed E-state index contributed by atoms with van der Waals surface area (Å²) in [6.07, 6.45) is 0. The van der Waals surface area contributed by atoms with Crippen LogP contribution in [-0.2, 0) is 10.0 Å². The molecule has 1 aliphatic heterocycles. The first-order valence-corrected chi connectivity index (χ1v) is 9.42. The van der Waals surface area contributed by atoms with Crippen LogP contribution < -0.4 is 5.32 Å². The summed E-state index contributed by atoms with van der Waals surface area (Å²) in [6.45, 7) is 2.66. The molecule has 0 radical (unpaired) electrons. The highest BCUT2D eigenvalue weighted by Gasteiger charge is 2.34.